The molecule has 6 nitrogen and oxygen atoms in total. The summed E-state index contributed by atoms with van der Waals surface area (Å²) in [4.78, 5) is 11.3. The molecule has 0 atom stereocenters. The summed E-state index contributed by atoms with van der Waals surface area (Å²) in [5, 5.41) is 10.0. The van der Waals surface area contributed by atoms with Crippen molar-refractivity contribution in [1.29, 1.82) is 0 Å². The number of H-pyrrole nitrogens is 1. The van der Waals surface area contributed by atoms with Crippen LogP contribution in [0.3, 0.4) is 0 Å². The summed E-state index contributed by atoms with van der Waals surface area (Å²) in [6.07, 6.45) is 0.721. The van der Waals surface area contributed by atoms with Crippen molar-refractivity contribution < 1.29 is 9.53 Å². The number of hydrogen-bond acceptors (Lipinski definition) is 4. The maximum atomic E-state index is 11.3. The molecule has 4 N–H and O–H groups in total. The van der Waals surface area contributed by atoms with Gasteiger partial charge in [-0.05, 0) is 40.7 Å². The molecule has 3 rings (SSSR count). The van der Waals surface area contributed by atoms with E-state index >= 15 is 0 Å². The second-order valence-corrected chi connectivity index (χ2v) is 5.24. The predicted molar refractivity (Wildman–Crippen MR) is 78.6 cm³/mol. The van der Waals surface area contributed by atoms with E-state index in [0.717, 1.165) is 27.8 Å². The fourth-order valence-corrected chi connectivity index (χ4v) is 2.70. The fourth-order valence-electron chi connectivity index (χ4n) is 2.10. The Hall–Kier alpha value is -1.86. The summed E-state index contributed by atoms with van der Waals surface area (Å²) in [6.45, 7) is 0.605. The third-order valence-electron chi connectivity index (χ3n) is 3.06. The quantitative estimate of drug-likeness (QED) is 0.794. The molecular formula is C13H13BrN4O2. The van der Waals surface area contributed by atoms with Crippen molar-refractivity contribution in [3.05, 3.63) is 28.4 Å². The average molecular weight is 337 g/mol. The molecule has 0 saturated heterocycles. The van der Waals surface area contributed by atoms with Crippen LogP contribution in [0.2, 0.25) is 0 Å². The van der Waals surface area contributed by atoms with Crippen LogP contribution in [0.25, 0.3) is 11.3 Å². The zero-order chi connectivity index (χ0) is 14.1. The molecule has 1 aliphatic heterocycles. The van der Waals surface area contributed by atoms with Crippen molar-refractivity contribution in [2.24, 2.45) is 5.73 Å². The minimum absolute atomic E-state index is 0.0547. The van der Waals surface area contributed by atoms with E-state index in [9.17, 15) is 4.79 Å². The molecular weight excluding hydrogens is 324 g/mol. The summed E-state index contributed by atoms with van der Waals surface area (Å²) in [5.74, 6) is 0.516. The molecule has 0 fully saturated rings. The van der Waals surface area contributed by atoms with E-state index in [1.165, 1.54) is 0 Å². The first-order valence-corrected chi connectivity index (χ1v) is 6.98. The third-order valence-corrected chi connectivity index (χ3v) is 3.91. The molecule has 0 spiro atoms. The number of aromatic nitrogens is 2. The Kier molecular flexibility index (Phi) is 3.45. The molecule has 1 amide bonds. The number of anilines is 1. The number of carbonyl (C=O) groups is 1. The van der Waals surface area contributed by atoms with Crippen molar-refractivity contribution in [2.75, 3.05) is 18.5 Å². The molecule has 0 aliphatic carbocycles. The molecule has 0 unspecified atom stereocenters. The highest BCUT2D eigenvalue weighted by atomic mass is 79.9. The summed E-state index contributed by atoms with van der Waals surface area (Å²) in [6, 6.07) is 5.58. The van der Waals surface area contributed by atoms with E-state index in [2.05, 4.69) is 31.4 Å². The largest absolute Gasteiger partial charge is 0.482 e. The lowest BCUT2D eigenvalue weighted by Crippen LogP contribution is -2.25. The van der Waals surface area contributed by atoms with Gasteiger partial charge in [-0.2, -0.15) is 5.10 Å². The zero-order valence-corrected chi connectivity index (χ0v) is 12.2. The van der Waals surface area contributed by atoms with Crippen molar-refractivity contribution in [2.45, 2.75) is 6.42 Å². The minimum atomic E-state index is -0.153. The van der Waals surface area contributed by atoms with Crippen molar-refractivity contribution in [1.82, 2.24) is 10.2 Å². The molecule has 1 aromatic carbocycles. The number of rotatable bonds is 3. The number of amides is 1. The first kappa shape index (κ1) is 13.1. The Labute approximate surface area is 123 Å². The van der Waals surface area contributed by atoms with E-state index in [1.54, 1.807) is 0 Å². The molecule has 0 radical (unpaired) electrons. The molecule has 1 aromatic heterocycles. The van der Waals surface area contributed by atoms with Gasteiger partial charge in [0.15, 0.2) is 6.61 Å². The number of fused-ring (bicyclic) bond motifs is 1. The lowest BCUT2D eigenvalue weighted by molar-refractivity contribution is -0.118. The Balaban J connectivity index is 1.98. The maximum absolute atomic E-state index is 11.3. The van der Waals surface area contributed by atoms with Crippen LogP contribution >= 0.6 is 15.9 Å². The highest BCUT2D eigenvalue weighted by Crippen LogP contribution is 2.35. The Morgan fingerprint density at radius 3 is 3.10 bits per heavy atom. The van der Waals surface area contributed by atoms with Crippen LogP contribution < -0.4 is 15.8 Å². The number of nitrogens with two attached hydrogens (primary N) is 1. The smallest absolute Gasteiger partial charge is 0.262 e. The topological polar surface area (TPSA) is 93.0 Å². The van der Waals surface area contributed by atoms with Crippen molar-refractivity contribution in [3.8, 4) is 17.0 Å². The highest BCUT2D eigenvalue weighted by Gasteiger charge is 2.18. The van der Waals surface area contributed by atoms with Gasteiger partial charge in [0.05, 0.1) is 15.9 Å². The van der Waals surface area contributed by atoms with Crippen LogP contribution in [-0.2, 0) is 11.2 Å². The summed E-state index contributed by atoms with van der Waals surface area (Å²) in [7, 11) is 0. The Bertz CT molecular complexity index is 668. The van der Waals surface area contributed by atoms with Gasteiger partial charge < -0.3 is 15.8 Å². The minimum Gasteiger partial charge on any atom is -0.482 e. The van der Waals surface area contributed by atoms with Crippen molar-refractivity contribution >= 4 is 27.5 Å². The van der Waals surface area contributed by atoms with Gasteiger partial charge in [0.1, 0.15) is 11.4 Å². The van der Waals surface area contributed by atoms with Crippen LogP contribution in [0.4, 0.5) is 5.69 Å². The third kappa shape index (κ3) is 2.30. The van der Waals surface area contributed by atoms with Gasteiger partial charge in [0, 0.05) is 12.0 Å². The molecule has 104 valence electrons. The number of nitrogens with one attached hydrogen (secondary N) is 2. The summed E-state index contributed by atoms with van der Waals surface area (Å²) < 4.78 is 6.23. The van der Waals surface area contributed by atoms with E-state index < -0.39 is 0 Å². The predicted octanol–water partition coefficient (Wildman–Crippen LogP) is 1.67. The second-order valence-electron chi connectivity index (χ2n) is 4.45. The molecule has 7 heteroatoms. The number of nitrogens with zero attached hydrogens (tertiary/aromatic N) is 1. The molecule has 1 aliphatic rings. The van der Waals surface area contributed by atoms with E-state index in [1.807, 2.05) is 18.2 Å². The van der Waals surface area contributed by atoms with Crippen LogP contribution in [0.1, 0.15) is 5.69 Å². The van der Waals surface area contributed by atoms with Crippen molar-refractivity contribution in [3.63, 3.8) is 0 Å². The monoisotopic (exact) mass is 336 g/mol. The lowest BCUT2D eigenvalue weighted by atomic mass is 10.1. The van der Waals surface area contributed by atoms with Crippen LogP contribution in [-0.4, -0.2) is 29.3 Å². The van der Waals surface area contributed by atoms with Gasteiger partial charge in [-0.25, -0.2) is 0 Å². The molecule has 20 heavy (non-hydrogen) atoms. The first-order chi connectivity index (χ1) is 9.69. The van der Waals surface area contributed by atoms with Crippen LogP contribution in [0.15, 0.2) is 22.7 Å². The van der Waals surface area contributed by atoms with Crippen LogP contribution in [0, 0.1) is 0 Å². The lowest BCUT2D eigenvalue weighted by Gasteiger charge is -2.18. The zero-order valence-electron chi connectivity index (χ0n) is 10.6. The van der Waals surface area contributed by atoms with Gasteiger partial charge in [-0.15, -0.1) is 0 Å². The molecule has 0 saturated carbocycles. The molecule has 0 bridgehead atoms. The summed E-state index contributed by atoms with van der Waals surface area (Å²) >= 11 is 3.53. The van der Waals surface area contributed by atoms with E-state index in [-0.39, 0.29) is 12.5 Å². The number of ether oxygens (including phenoxy) is 1. The number of hydrogen-bond donors (Lipinski definition) is 3. The molecule has 2 aromatic rings. The van der Waals surface area contributed by atoms with Gasteiger partial charge in [0.25, 0.3) is 5.91 Å². The second kappa shape index (κ2) is 5.26. The van der Waals surface area contributed by atoms with Gasteiger partial charge in [-0.1, -0.05) is 0 Å². The molecule has 2 heterocycles. The normalized spacial score (nSPS) is 13.6. The Morgan fingerprint density at radius 2 is 2.30 bits per heavy atom. The highest BCUT2D eigenvalue weighted by molar-refractivity contribution is 9.10. The number of halogens is 1. The van der Waals surface area contributed by atoms with Crippen LogP contribution in [0.5, 0.6) is 5.75 Å². The average Bonchev–Trinajstić information content (AvgIpc) is 2.80. The van der Waals surface area contributed by atoms with E-state index in [4.69, 9.17) is 10.5 Å². The van der Waals surface area contributed by atoms with Gasteiger partial charge in [-0.3, -0.25) is 9.89 Å². The number of aromatic amines is 1. The Morgan fingerprint density at radius 1 is 1.45 bits per heavy atom. The van der Waals surface area contributed by atoms with E-state index in [0.29, 0.717) is 18.0 Å². The van der Waals surface area contributed by atoms with Gasteiger partial charge in [0.2, 0.25) is 0 Å². The number of benzene rings is 1. The summed E-state index contributed by atoms with van der Waals surface area (Å²) in [5.41, 5.74) is 8.85. The first-order valence-electron chi connectivity index (χ1n) is 6.19. The van der Waals surface area contributed by atoms with Gasteiger partial charge >= 0.3 is 0 Å². The number of carbonyl (C=O) groups excluding carboxylic acids is 1. The maximum Gasteiger partial charge on any atom is 0.262 e. The standard InChI is InChI=1S/C13H13BrN4O2/c14-12-8(3-4-15)17-18-13(12)7-1-2-10-9(5-7)16-11(19)6-20-10/h1-2,5H,3-4,6,15H2,(H,16,19)(H,17,18). The fraction of sp³-hybridized carbons (Fsp3) is 0.231. The SMILES string of the molecule is NCCc1[nH]nc(-c2ccc3c(c2)NC(=O)CO3)c1Br.